The number of hydrogen-bond donors (Lipinski definition) is 2. The summed E-state index contributed by atoms with van der Waals surface area (Å²) in [7, 11) is -4.03. The summed E-state index contributed by atoms with van der Waals surface area (Å²) in [5, 5.41) is 14.4. The van der Waals surface area contributed by atoms with Gasteiger partial charge in [0.05, 0.1) is 16.4 Å². The maximum Gasteiger partial charge on any atom is 0.293 e. The standard InChI is InChI=1S/C19H28N4O5S/c24-19(21-15-7-3-1-2-4-8-15)14-20-29(27,28)16-9-10-17(18(13-16)23(25)26)22-11-5-6-12-22/h9-10,13,15,20H,1-8,11-12,14H2,(H,21,24). The summed E-state index contributed by atoms with van der Waals surface area (Å²) in [5.41, 5.74) is 0.190. The van der Waals surface area contributed by atoms with Crippen LogP contribution in [0, 0.1) is 10.1 Å². The summed E-state index contributed by atoms with van der Waals surface area (Å²) in [6, 6.07) is 3.98. The van der Waals surface area contributed by atoms with Crippen LogP contribution in [0.4, 0.5) is 11.4 Å². The Morgan fingerprint density at radius 1 is 1.10 bits per heavy atom. The molecule has 1 heterocycles. The molecule has 3 rings (SSSR count). The van der Waals surface area contributed by atoms with E-state index in [9.17, 15) is 23.3 Å². The van der Waals surface area contributed by atoms with E-state index in [-0.39, 0.29) is 29.1 Å². The zero-order valence-electron chi connectivity index (χ0n) is 16.4. The van der Waals surface area contributed by atoms with Crippen LogP contribution < -0.4 is 14.9 Å². The number of nitro benzene ring substituents is 1. The highest BCUT2D eigenvalue weighted by Gasteiger charge is 2.26. The van der Waals surface area contributed by atoms with Crippen LogP contribution in [0.5, 0.6) is 0 Å². The molecule has 0 atom stereocenters. The Labute approximate surface area is 171 Å². The van der Waals surface area contributed by atoms with Gasteiger partial charge in [0.25, 0.3) is 5.69 Å². The SMILES string of the molecule is O=C(CNS(=O)(=O)c1ccc(N2CCCC2)c([N+](=O)[O-])c1)NC1CCCCCC1. The fraction of sp³-hybridized carbons (Fsp3) is 0.632. The van der Waals surface area contributed by atoms with Gasteiger partial charge in [-0.1, -0.05) is 25.7 Å². The molecular formula is C19H28N4O5S. The maximum atomic E-state index is 12.6. The molecule has 0 bridgehead atoms. The molecule has 29 heavy (non-hydrogen) atoms. The number of carbonyl (C=O) groups excluding carboxylic acids is 1. The van der Waals surface area contributed by atoms with Crippen molar-refractivity contribution in [2.24, 2.45) is 0 Å². The molecule has 1 amide bonds. The maximum absolute atomic E-state index is 12.6. The lowest BCUT2D eigenvalue weighted by atomic mass is 10.1. The smallest absolute Gasteiger partial charge is 0.293 e. The lowest BCUT2D eigenvalue weighted by molar-refractivity contribution is -0.384. The van der Waals surface area contributed by atoms with E-state index in [0.29, 0.717) is 18.8 Å². The van der Waals surface area contributed by atoms with E-state index in [1.54, 1.807) is 0 Å². The number of amides is 1. The third kappa shape index (κ3) is 5.66. The fourth-order valence-corrected chi connectivity index (χ4v) is 4.99. The van der Waals surface area contributed by atoms with E-state index in [0.717, 1.165) is 57.4 Å². The first-order chi connectivity index (χ1) is 13.9. The number of nitrogens with zero attached hydrogens (tertiary/aromatic N) is 2. The van der Waals surface area contributed by atoms with Gasteiger partial charge in [0.2, 0.25) is 15.9 Å². The van der Waals surface area contributed by atoms with Gasteiger partial charge in [0, 0.05) is 25.2 Å². The quantitative estimate of drug-likeness (QED) is 0.393. The Balaban J connectivity index is 1.66. The first-order valence-electron chi connectivity index (χ1n) is 10.2. The van der Waals surface area contributed by atoms with Crippen LogP contribution in [0.25, 0.3) is 0 Å². The summed E-state index contributed by atoms with van der Waals surface area (Å²) in [6.07, 6.45) is 8.15. The van der Waals surface area contributed by atoms with Gasteiger partial charge in [0.1, 0.15) is 5.69 Å². The minimum atomic E-state index is -4.03. The molecule has 1 aliphatic heterocycles. The molecule has 0 unspecified atom stereocenters. The van der Waals surface area contributed by atoms with Crippen LogP contribution in [-0.2, 0) is 14.8 Å². The fourth-order valence-electron chi connectivity index (χ4n) is 3.99. The Hall–Kier alpha value is -2.20. The summed E-state index contributed by atoms with van der Waals surface area (Å²) < 4.78 is 27.4. The molecule has 9 nitrogen and oxygen atoms in total. The average Bonchev–Trinajstić information content (AvgIpc) is 3.11. The van der Waals surface area contributed by atoms with E-state index in [1.807, 2.05) is 4.90 Å². The molecule has 2 N–H and O–H groups in total. The second kappa shape index (κ2) is 9.53. The first kappa shape index (κ1) is 21.5. The zero-order valence-corrected chi connectivity index (χ0v) is 17.2. The lowest BCUT2D eigenvalue weighted by Crippen LogP contribution is -2.41. The molecule has 1 aromatic rings. The predicted octanol–water partition coefficient (Wildman–Crippen LogP) is 2.31. The molecule has 1 aliphatic carbocycles. The van der Waals surface area contributed by atoms with E-state index < -0.39 is 14.9 Å². The van der Waals surface area contributed by atoms with Crippen molar-refractivity contribution in [2.45, 2.75) is 62.3 Å². The number of anilines is 1. The van der Waals surface area contributed by atoms with Crippen molar-refractivity contribution < 1.29 is 18.1 Å². The minimum Gasteiger partial charge on any atom is -0.366 e. The second-order valence-electron chi connectivity index (χ2n) is 7.68. The molecule has 0 aromatic heterocycles. The van der Waals surface area contributed by atoms with Crippen LogP contribution in [0.1, 0.15) is 51.4 Å². The Kier molecular flexibility index (Phi) is 7.07. The highest BCUT2D eigenvalue weighted by Crippen LogP contribution is 2.32. The molecule has 1 aromatic carbocycles. The lowest BCUT2D eigenvalue weighted by Gasteiger charge is -2.18. The summed E-state index contributed by atoms with van der Waals surface area (Å²) in [6.45, 7) is 1.04. The molecule has 1 saturated heterocycles. The third-order valence-corrected chi connectivity index (χ3v) is 6.94. The average molecular weight is 425 g/mol. The van der Waals surface area contributed by atoms with E-state index in [4.69, 9.17) is 0 Å². The predicted molar refractivity (Wildman–Crippen MR) is 109 cm³/mol. The molecular weight excluding hydrogens is 396 g/mol. The van der Waals surface area contributed by atoms with Crippen molar-refractivity contribution in [1.82, 2.24) is 10.0 Å². The van der Waals surface area contributed by atoms with Gasteiger partial charge in [-0.25, -0.2) is 13.1 Å². The van der Waals surface area contributed by atoms with Crippen molar-refractivity contribution in [3.63, 3.8) is 0 Å². The molecule has 0 spiro atoms. The van der Waals surface area contributed by atoms with Gasteiger partial charge in [-0.05, 0) is 37.8 Å². The second-order valence-corrected chi connectivity index (χ2v) is 9.45. The van der Waals surface area contributed by atoms with Crippen LogP contribution in [-0.4, -0.2) is 44.9 Å². The van der Waals surface area contributed by atoms with Crippen molar-refractivity contribution in [3.8, 4) is 0 Å². The van der Waals surface area contributed by atoms with E-state index in [1.165, 1.54) is 12.1 Å². The summed E-state index contributed by atoms with van der Waals surface area (Å²) >= 11 is 0. The summed E-state index contributed by atoms with van der Waals surface area (Å²) in [5.74, 6) is -0.385. The number of benzene rings is 1. The van der Waals surface area contributed by atoms with Gasteiger partial charge in [0.15, 0.2) is 0 Å². The highest BCUT2D eigenvalue weighted by molar-refractivity contribution is 7.89. The number of sulfonamides is 1. The van der Waals surface area contributed by atoms with Gasteiger partial charge < -0.3 is 10.2 Å². The third-order valence-electron chi connectivity index (χ3n) is 5.54. The normalized spacial score (nSPS) is 18.4. The Morgan fingerprint density at radius 2 is 1.76 bits per heavy atom. The van der Waals surface area contributed by atoms with Crippen molar-refractivity contribution in [2.75, 3.05) is 24.5 Å². The Morgan fingerprint density at radius 3 is 2.38 bits per heavy atom. The molecule has 0 radical (unpaired) electrons. The van der Waals surface area contributed by atoms with Gasteiger partial charge in [-0.15, -0.1) is 0 Å². The molecule has 1 saturated carbocycles. The zero-order chi connectivity index (χ0) is 20.9. The molecule has 2 aliphatic rings. The van der Waals surface area contributed by atoms with E-state index in [2.05, 4.69) is 10.0 Å². The summed E-state index contributed by atoms with van der Waals surface area (Å²) in [4.78, 5) is 24.7. The van der Waals surface area contributed by atoms with Crippen LogP contribution >= 0.6 is 0 Å². The first-order valence-corrected chi connectivity index (χ1v) is 11.7. The van der Waals surface area contributed by atoms with Crippen molar-refractivity contribution in [3.05, 3.63) is 28.3 Å². The van der Waals surface area contributed by atoms with Crippen molar-refractivity contribution >= 4 is 27.3 Å². The number of hydrogen-bond acceptors (Lipinski definition) is 6. The topological polar surface area (TPSA) is 122 Å². The van der Waals surface area contributed by atoms with Gasteiger partial charge >= 0.3 is 0 Å². The van der Waals surface area contributed by atoms with E-state index >= 15 is 0 Å². The minimum absolute atomic E-state index is 0.0790. The molecule has 10 heteroatoms. The van der Waals surface area contributed by atoms with Gasteiger partial charge in [-0.2, -0.15) is 0 Å². The van der Waals surface area contributed by atoms with Gasteiger partial charge in [-0.3, -0.25) is 14.9 Å². The largest absolute Gasteiger partial charge is 0.366 e. The monoisotopic (exact) mass is 424 g/mol. The highest BCUT2D eigenvalue weighted by atomic mass is 32.2. The number of nitro groups is 1. The number of nitrogens with one attached hydrogen (secondary N) is 2. The Bertz CT molecular complexity index is 844. The van der Waals surface area contributed by atoms with Crippen LogP contribution in [0.3, 0.4) is 0 Å². The van der Waals surface area contributed by atoms with Crippen molar-refractivity contribution in [1.29, 1.82) is 0 Å². The number of carbonyl (C=O) groups is 1. The number of rotatable bonds is 7. The molecule has 160 valence electrons. The molecule has 2 fully saturated rings. The van der Waals surface area contributed by atoms with Crippen LogP contribution in [0.15, 0.2) is 23.1 Å². The van der Waals surface area contributed by atoms with Crippen LogP contribution in [0.2, 0.25) is 0 Å².